The molecule has 1 aliphatic rings. The van der Waals surface area contributed by atoms with Crippen LogP contribution in [-0.4, -0.2) is 172 Å². The molecule has 1 aliphatic heterocycles. The molecule has 0 atom stereocenters. The number of halogens is 9. The molecule has 125 heavy (non-hydrogen) atoms. The average molecular weight is 1720 g/mol. The van der Waals surface area contributed by atoms with Crippen molar-refractivity contribution in [3.63, 3.8) is 0 Å². The number of nitrogens with zero attached hydrogens (tertiary/aromatic N) is 25. The van der Waals surface area contributed by atoms with Crippen LogP contribution in [0.15, 0.2) is 225 Å². The number of hydrogen-bond acceptors (Lipinski definition) is 31. The standard InChI is InChI=1S/C22H14F3N5O3.C22H22N8O2.C19H13F3N6O2.C18H13F3N6O3/c23-22(24,25)33-17-7-4-15(5-8-17)2-3-16-6-9-19-18(14-16)20(31)30(29-28-19)12-13-32-21-26-10-1-11-27-21;31-20-18-13-16(17-14-25-21(26-15-17)29-9-2-1-3-10-29)5-6-19(18)27-28-30(20)11-12-32-22-23-7-4-8-24-22;20-19(21,22)16-5-3-13(11-25-16)12-2-4-15-14(10-12)17(29)28(27-26-15)8-9-30-18-23-6-1-7-24-18;1-10-23-15(25-30-10)8-27-17(28)13-6-11(2-4-14(13)24-26-27)12-3-5-16(22-7-12)29-9-18(19,20)21/h1,4-11,14H,12-13H2;4-8,13-15H,1-3,9-12H2;1-7,10-11H,8-9H2;2-7H,8-9H2,1H3. The molecule has 1 saturated heterocycles. The van der Waals surface area contributed by atoms with Crippen LogP contribution in [0.1, 0.15) is 47.8 Å². The Balaban J connectivity index is 0.000000136. The molecule has 0 bridgehead atoms. The van der Waals surface area contributed by atoms with Crippen LogP contribution in [-0.2, 0) is 32.4 Å². The number of hydrogen-bond donors (Lipinski definition) is 0. The zero-order valence-electron chi connectivity index (χ0n) is 64.9. The van der Waals surface area contributed by atoms with Gasteiger partial charge >= 0.3 is 36.7 Å². The van der Waals surface area contributed by atoms with Gasteiger partial charge in [-0.05, 0) is 145 Å². The van der Waals surface area contributed by atoms with E-state index in [1.54, 1.807) is 117 Å². The zero-order valence-corrected chi connectivity index (χ0v) is 64.9. The molecule has 0 unspecified atom stereocenters. The topological polar surface area (TPSA) is 408 Å². The van der Waals surface area contributed by atoms with E-state index in [9.17, 15) is 58.7 Å². The molecule has 0 radical (unpaired) electrons. The summed E-state index contributed by atoms with van der Waals surface area (Å²) >= 11 is 0. The Labute approximate surface area is 696 Å². The summed E-state index contributed by atoms with van der Waals surface area (Å²) in [6, 6.07) is 35.9. The molecule has 0 amide bonds. The van der Waals surface area contributed by atoms with Gasteiger partial charge in [0.15, 0.2) is 12.4 Å². The summed E-state index contributed by atoms with van der Waals surface area (Å²) in [5.74, 6) is 6.64. The van der Waals surface area contributed by atoms with E-state index >= 15 is 0 Å². The fourth-order valence-corrected chi connectivity index (χ4v) is 11.9. The summed E-state index contributed by atoms with van der Waals surface area (Å²) in [6.07, 6.45) is 5.30. The maximum Gasteiger partial charge on any atom is 0.573 e. The van der Waals surface area contributed by atoms with Crippen molar-refractivity contribution in [1.29, 1.82) is 0 Å². The van der Waals surface area contributed by atoms with E-state index in [1.165, 1.54) is 96.0 Å². The van der Waals surface area contributed by atoms with E-state index in [-0.39, 0.29) is 98.0 Å². The fraction of sp³-hybridized carbons (Fsp3) is 0.210. The molecular formula is C81H62F9N25O10. The van der Waals surface area contributed by atoms with Gasteiger partial charge in [-0.3, -0.25) is 24.2 Å². The maximum absolute atomic E-state index is 13.0. The minimum absolute atomic E-state index is 0.00383. The van der Waals surface area contributed by atoms with Crippen LogP contribution in [0.2, 0.25) is 0 Å². The quantitative estimate of drug-likeness (QED) is 0.0476. The first kappa shape index (κ1) is 85.3. The lowest BCUT2D eigenvalue weighted by Crippen LogP contribution is -2.30. The van der Waals surface area contributed by atoms with Crippen molar-refractivity contribution in [2.24, 2.45) is 0 Å². The molecule has 634 valence electrons. The van der Waals surface area contributed by atoms with E-state index < -0.39 is 42.1 Å². The number of benzene rings is 5. The lowest BCUT2D eigenvalue weighted by molar-refractivity contribution is -0.274. The summed E-state index contributed by atoms with van der Waals surface area (Å²) in [5, 5.41) is 37.0. The van der Waals surface area contributed by atoms with Crippen LogP contribution in [0.25, 0.3) is 77.0 Å². The second kappa shape index (κ2) is 38.9. The van der Waals surface area contributed by atoms with Crippen molar-refractivity contribution in [2.75, 3.05) is 44.4 Å². The Morgan fingerprint density at radius 1 is 0.424 bits per heavy atom. The van der Waals surface area contributed by atoms with E-state index in [1.807, 2.05) is 12.1 Å². The third-order valence-electron chi connectivity index (χ3n) is 17.9. The number of alkyl halides is 9. The second-order valence-corrected chi connectivity index (χ2v) is 26.6. The SMILES string of the molecule is Cc1nc(Cn2nnc3ccc(-c4ccc(OCC(F)(F)F)nc4)cc3c2=O)no1.O=c1c2cc(-c3ccc(C(F)(F)F)nc3)ccc2nnn1CCOc1ncccn1.O=c1c2cc(-c3cnc(N4CCCCC4)nc3)ccc2nnn1CCOc1ncccn1.O=c1c2cc(C#Cc3ccc(OC(F)(F)F)cc3)ccc2nnn1CCOc1ncccn1. The van der Waals surface area contributed by atoms with Crippen LogP contribution >= 0.6 is 0 Å². The predicted octanol–water partition coefficient (Wildman–Crippen LogP) is 10.3. The smallest absolute Gasteiger partial charge is 0.468 e. The van der Waals surface area contributed by atoms with Crippen LogP contribution < -0.4 is 50.8 Å². The lowest BCUT2D eigenvalue weighted by atomic mass is 10.1. The van der Waals surface area contributed by atoms with E-state index in [0.717, 1.165) is 51.8 Å². The minimum atomic E-state index is -4.75. The largest absolute Gasteiger partial charge is 0.573 e. The maximum atomic E-state index is 13.0. The Morgan fingerprint density at radius 3 is 1.27 bits per heavy atom. The summed E-state index contributed by atoms with van der Waals surface area (Å²) in [6.45, 7) is 3.11. The highest BCUT2D eigenvalue weighted by Crippen LogP contribution is 2.31. The van der Waals surface area contributed by atoms with Gasteiger partial charge in [0.05, 0.1) is 41.2 Å². The van der Waals surface area contributed by atoms with Gasteiger partial charge in [0, 0.05) is 116 Å². The monoisotopic (exact) mass is 1720 g/mol. The minimum Gasteiger partial charge on any atom is -0.468 e. The van der Waals surface area contributed by atoms with Crippen LogP contribution in [0.3, 0.4) is 0 Å². The van der Waals surface area contributed by atoms with Crippen molar-refractivity contribution in [3.05, 3.63) is 271 Å². The number of fused-ring (bicyclic) bond motifs is 4. The molecule has 12 heterocycles. The molecule has 0 aliphatic carbocycles. The molecule has 35 nitrogen and oxygen atoms in total. The highest BCUT2D eigenvalue weighted by Gasteiger charge is 2.33. The molecule has 0 N–H and O–H groups in total. The summed E-state index contributed by atoms with van der Waals surface area (Å²) in [4.78, 5) is 97.6. The molecule has 44 heteroatoms. The van der Waals surface area contributed by atoms with Gasteiger partial charge in [-0.15, -0.1) is 33.6 Å². The van der Waals surface area contributed by atoms with Crippen molar-refractivity contribution in [3.8, 4) is 74.9 Å². The molecular weight excluding hydrogens is 1650 g/mol. The third-order valence-corrected chi connectivity index (χ3v) is 17.9. The van der Waals surface area contributed by atoms with Crippen LogP contribution in [0, 0.1) is 18.8 Å². The fourth-order valence-electron chi connectivity index (χ4n) is 11.9. The van der Waals surface area contributed by atoms with Crippen molar-refractivity contribution in [1.82, 2.24) is 120 Å². The molecule has 1 fully saturated rings. The Bertz CT molecular complexity index is 6730. The summed E-state index contributed by atoms with van der Waals surface area (Å²) in [5.41, 5.74) is 4.22. The molecule has 17 rings (SSSR count). The van der Waals surface area contributed by atoms with E-state index in [0.29, 0.717) is 77.5 Å². The van der Waals surface area contributed by atoms with Gasteiger partial charge in [0.1, 0.15) is 59.9 Å². The van der Waals surface area contributed by atoms with E-state index in [4.69, 9.17) is 18.7 Å². The first-order valence-corrected chi connectivity index (χ1v) is 37.5. The number of aromatic nitrogens is 24. The summed E-state index contributed by atoms with van der Waals surface area (Å²) in [7, 11) is 0. The first-order chi connectivity index (χ1) is 60.3. The number of pyridine rings is 2. The number of aryl methyl sites for hydroxylation is 1. The molecule has 16 aromatic rings. The van der Waals surface area contributed by atoms with Gasteiger partial charge in [0.25, 0.3) is 22.2 Å². The average Bonchev–Trinajstić information content (AvgIpc) is 0.895. The third kappa shape index (κ3) is 23.1. The Kier molecular flexibility index (Phi) is 26.6. The molecule has 11 aromatic heterocycles. The van der Waals surface area contributed by atoms with Crippen molar-refractivity contribution < 1.29 is 67.7 Å². The normalized spacial score (nSPS) is 12.1. The second-order valence-electron chi connectivity index (χ2n) is 26.6. The Hall–Kier alpha value is -16.1. The molecule has 5 aromatic carbocycles. The van der Waals surface area contributed by atoms with E-state index in [2.05, 4.69) is 127 Å². The van der Waals surface area contributed by atoms with Crippen molar-refractivity contribution >= 4 is 49.6 Å². The van der Waals surface area contributed by atoms with Gasteiger partial charge in [-0.2, -0.15) is 31.3 Å². The van der Waals surface area contributed by atoms with Gasteiger partial charge < -0.3 is 33.1 Å². The van der Waals surface area contributed by atoms with Crippen LogP contribution in [0.5, 0.6) is 29.7 Å². The predicted molar refractivity (Wildman–Crippen MR) is 425 cm³/mol. The highest BCUT2D eigenvalue weighted by atomic mass is 19.4. The lowest BCUT2D eigenvalue weighted by Gasteiger charge is -2.26. The zero-order chi connectivity index (χ0) is 87.5. The first-order valence-electron chi connectivity index (χ1n) is 37.5. The van der Waals surface area contributed by atoms with Crippen LogP contribution in [0.4, 0.5) is 45.5 Å². The van der Waals surface area contributed by atoms with Crippen molar-refractivity contribution in [2.45, 2.75) is 71.1 Å². The van der Waals surface area contributed by atoms with Gasteiger partial charge in [-0.1, -0.05) is 62.1 Å². The number of piperidine rings is 1. The number of rotatable bonds is 21. The highest BCUT2D eigenvalue weighted by molar-refractivity contribution is 5.85. The molecule has 0 spiro atoms. The van der Waals surface area contributed by atoms with Gasteiger partial charge in [0.2, 0.25) is 17.7 Å². The summed E-state index contributed by atoms with van der Waals surface area (Å²) < 4.78 is 146. The Morgan fingerprint density at radius 2 is 0.840 bits per heavy atom. The number of ether oxygens (including phenoxy) is 5. The molecule has 0 saturated carbocycles. The van der Waals surface area contributed by atoms with Gasteiger partial charge in [-0.25, -0.2) is 63.6 Å². The number of anilines is 1.